The van der Waals surface area contributed by atoms with Crippen LogP contribution in [-0.2, 0) is 4.79 Å². The third kappa shape index (κ3) is 3.67. The lowest BCUT2D eigenvalue weighted by atomic mass is 10.2. The molecule has 0 bridgehead atoms. The maximum absolute atomic E-state index is 13.6. The molecule has 7 heteroatoms. The summed E-state index contributed by atoms with van der Waals surface area (Å²) in [5.41, 5.74) is -0.268. The Morgan fingerprint density at radius 1 is 1.25 bits per heavy atom. The van der Waals surface area contributed by atoms with Crippen molar-refractivity contribution in [2.75, 3.05) is 45.1 Å². The van der Waals surface area contributed by atoms with Crippen molar-refractivity contribution in [2.24, 2.45) is 0 Å². The van der Waals surface area contributed by atoms with E-state index in [1.54, 1.807) is 4.90 Å². The molecular formula is C13H16BrF2N3O. The van der Waals surface area contributed by atoms with E-state index in [9.17, 15) is 13.6 Å². The Bertz CT molecular complexity index is 481. The molecule has 1 aliphatic heterocycles. The average molecular weight is 348 g/mol. The van der Waals surface area contributed by atoms with E-state index in [4.69, 9.17) is 0 Å². The molecule has 1 saturated heterocycles. The SMILES string of the molecule is CN1CCN(C(=O)CNc2c(F)cc(Br)cc2F)CC1. The molecule has 0 unspecified atom stereocenters. The van der Waals surface area contributed by atoms with Gasteiger partial charge in [0.25, 0.3) is 0 Å². The first-order valence-electron chi connectivity index (χ1n) is 6.32. The van der Waals surface area contributed by atoms with E-state index in [0.29, 0.717) is 17.6 Å². The van der Waals surface area contributed by atoms with Crippen LogP contribution in [0.15, 0.2) is 16.6 Å². The third-order valence-electron chi connectivity index (χ3n) is 3.28. The molecule has 20 heavy (non-hydrogen) atoms. The lowest BCUT2D eigenvalue weighted by Gasteiger charge is -2.32. The maximum atomic E-state index is 13.6. The molecule has 0 aromatic heterocycles. The van der Waals surface area contributed by atoms with Gasteiger partial charge in [-0.3, -0.25) is 4.79 Å². The number of carbonyl (C=O) groups is 1. The fraction of sp³-hybridized carbons (Fsp3) is 0.462. The molecule has 0 spiro atoms. The number of anilines is 1. The third-order valence-corrected chi connectivity index (χ3v) is 3.74. The van der Waals surface area contributed by atoms with Gasteiger partial charge < -0.3 is 15.1 Å². The van der Waals surface area contributed by atoms with E-state index in [-0.39, 0.29) is 18.1 Å². The second-order valence-electron chi connectivity index (χ2n) is 4.78. The molecule has 4 nitrogen and oxygen atoms in total. The van der Waals surface area contributed by atoms with Gasteiger partial charge in [-0.25, -0.2) is 8.78 Å². The fourth-order valence-corrected chi connectivity index (χ4v) is 2.44. The minimum atomic E-state index is -0.719. The Balaban J connectivity index is 1.94. The van der Waals surface area contributed by atoms with Crippen LogP contribution in [0.25, 0.3) is 0 Å². The van der Waals surface area contributed by atoms with Gasteiger partial charge in [0.05, 0.1) is 6.54 Å². The van der Waals surface area contributed by atoms with Gasteiger partial charge in [-0.05, 0) is 19.2 Å². The van der Waals surface area contributed by atoms with Gasteiger partial charge in [-0.1, -0.05) is 15.9 Å². The first-order chi connectivity index (χ1) is 9.47. The number of halogens is 3. The van der Waals surface area contributed by atoms with Gasteiger partial charge in [-0.2, -0.15) is 0 Å². The highest BCUT2D eigenvalue weighted by Gasteiger charge is 2.19. The monoisotopic (exact) mass is 347 g/mol. The topological polar surface area (TPSA) is 35.6 Å². The van der Waals surface area contributed by atoms with E-state index in [0.717, 1.165) is 25.2 Å². The van der Waals surface area contributed by atoms with Gasteiger partial charge in [-0.15, -0.1) is 0 Å². The molecule has 0 aliphatic carbocycles. The fourth-order valence-electron chi connectivity index (χ4n) is 2.04. The Hall–Kier alpha value is -1.21. The minimum absolute atomic E-state index is 0.112. The predicted octanol–water partition coefficient (Wildman–Crippen LogP) is 1.91. The van der Waals surface area contributed by atoms with E-state index < -0.39 is 11.6 Å². The van der Waals surface area contributed by atoms with E-state index in [1.807, 2.05) is 7.05 Å². The zero-order chi connectivity index (χ0) is 14.7. The van der Waals surface area contributed by atoms with Crippen LogP contribution in [0, 0.1) is 11.6 Å². The van der Waals surface area contributed by atoms with Crippen molar-refractivity contribution >= 4 is 27.5 Å². The van der Waals surface area contributed by atoms with Gasteiger partial charge >= 0.3 is 0 Å². The van der Waals surface area contributed by atoms with Gasteiger partial charge in [0, 0.05) is 30.7 Å². The Morgan fingerprint density at radius 3 is 2.35 bits per heavy atom. The van der Waals surface area contributed by atoms with Crippen LogP contribution in [0.5, 0.6) is 0 Å². The highest BCUT2D eigenvalue weighted by molar-refractivity contribution is 9.10. The minimum Gasteiger partial charge on any atom is -0.371 e. The van der Waals surface area contributed by atoms with Crippen LogP contribution in [0.4, 0.5) is 14.5 Å². The van der Waals surface area contributed by atoms with Crippen molar-refractivity contribution in [2.45, 2.75) is 0 Å². The molecule has 1 amide bonds. The van der Waals surface area contributed by atoms with Crippen LogP contribution in [0.2, 0.25) is 0 Å². The summed E-state index contributed by atoms with van der Waals surface area (Å²) in [6.07, 6.45) is 0. The molecule has 1 aromatic rings. The second kappa shape index (κ2) is 6.49. The first-order valence-corrected chi connectivity index (χ1v) is 7.11. The summed E-state index contributed by atoms with van der Waals surface area (Å²) in [5.74, 6) is -1.59. The highest BCUT2D eigenvalue weighted by Crippen LogP contribution is 2.23. The summed E-state index contributed by atoms with van der Waals surface area (Å²) >= 11 is 3.01. The summed E-state index contributed by atoms with van der Waals surface area (Å²) in [6.45, 7) is 2.79. The lowest BCUT2D eigenvalue weighted by molar-refractivity contribution is -0.130. The molecule has 0 radical (unpaired) electrons. The van der Waals surface area contributed by atoms with Crippen LogP contribution in [0.3, 0.4) is 0 Å². The Kier molecular flexibility index (Phi) is 4.93. The van der Waals surface area contributed by atoms with Crippen LogP contribution >= 0.6 is 15.9 Å². The molecule has 1 fully saturated rings. The van der Waals surface area contributed by atoms with Crippen molar-refractivity contribution in [3.8, 4) is 0 Å². The standard InChI is InChI=1S/C13H16BrF2N3O/c1-18-2-4-19(5-3-18)12(20)8-17-13-10(15)6-9(14)7-11(13)16/h6-7,17H,2-5,8H2,1H3. The summed E-state index contributed by atoms with van der Waals surface area (Å²) < 4.78 is 27.5. The zero-order valence-corrected chi connectivity index (χ0v) is 12.7. The quantitative estimate of drug-likeness (QED) is 0.907. The molecule has 0 atom stereocenters. The van der Waals surface area contributed by atoms with Crippen molar-refractivity contribution in [1.29, 1.82) is 0 Å². The number of amides is 1. The summed E-state index contributed by atoms with van der Waals surface area (Å²) in [6, 6.07) is 2.32. The Morgan fingerprint density at radius 2 is 1.80 bits per heavy atom. The smallest absolute Gasteiger partial charge is 0.241 e. The summed E-state index contributed by atoms with van der Waals surface area (Å²) in [7, 11) is 1.99. The molecule has 2 rings (SSSR count). The Labute approximate surface area is 124 Å². The number of rotatable bonds is 3. The van der Waals surface area contributed by atoms with Gasteiger partial charge in [0.1, 0.15) is 17.3 Å². The first kappa shape index (κ1) is 15.2. The van der Waals surface area contributed by atoms with Crippen LogP contribution in [0.1, 0.15) is 0 Å². The van der Waals surface area contributed by atoms with E-state index in [1.165, 1.54) is 0 Å². The molecule has 1 aliphatic rings. The zero-order valence-electron chi connectivity index (χ0n) is 11.1. The molecule has 1 N–H and O–H groups in total. The number of hydrogen-bond acceptors (Lipinski definition) is 3. The van der Waals surface area contributed by atoms with Crippen LogP contribution < -0.4 is 5.32 Å². The van der Waals surface area contributed by atoms with Crippen molar-refractivity contribution in [1.82, 2.24) is 9.80 Å². The van der Waals surface area contributed by atoms with E-state index in [2.05, 4.69) is 26.1 Å². The molecule has 110 valence electrons. The second-order valence-corrected chi connectivity index (χ2v) is 5.70. The lowest BCUT2D eigenvalue weighted by Crippen LogP contribution is -2.48. The average Bonchev–Trinajstić information content (AvgIpc) is 2.38. The number of piperazine rings is 1. The number of hydrogen-bond donors (Lipinski definition) is 1. The predicted molar refractivity (Wildman–Crippen MR) is 76.6 cm³/mol. The van der Waals surface area contributed by atoms with Crippen LogP contribution in [-0.4, -0.2) is 55.5 Å². The number of benzene rings is 1. The van der Waals surface area contributed by atoms with E-state index >= 15 is 0 Å². The van der Waals surface area contributed by atoms with Gasteiger partial charge in [0.15, 0.2) is 0 Å². The highest BCUT2D eigenvalue weighted by atomic mass is 79.9. The summed E-state index contributed by atoms with van der Waals surface area (Å²) in [4.78, 5) is 15.8. The van der Waals surface area contributed by atoms with Crippen molar-refractivity contribution < 1.29 is 13.6 Å². The summed E-state index contributed by atoms with van der Waals surface area (Å²) in [5, 5.41) is 2.54. The maximum Gasteiger partial charge on any atom is 0.241 e. The number of nitrogens with one attached hydrogen (secondary N) is 1. The van der Waals surface area contributed by atoms with Gasteiger partial charge in [0.2, 0.25) is 5.91 Å². The molecule has 0 saturated carbocycles. The molecule has 1 heterocycles. The van der Waals surface area contributed by atoms with Crippen molar-refractivity contribution in [3.05, 3.63) is 28.2 Å². The number of carbonyl (C=O) groups excluding carboxylic acids is 1. The normalized spacial score (nSPS) is 16.3. The largest absolute Gasteiger partial charge is 0.371 e. The number of nitrogens with zero attached hydrogens (tertiary/aromatic N) is 2. The molecule has 1 aromatic carbocycles. The van der Waals surface area contributed by atoms with Crippen molar-refractivity contribution in [3.63, 3.8) is 0 Å². The molecular weight excluding hydrogens is 332 g/mol. The number of likely N-dealkylation sites (N-methyl/N-ethyl adjacent to an activating group) is 1.